The van der Waals surface area contributed by atoms with Crippen molar-refractivity contribution in [3.63, 3.8) is 0 Å². The molecule has 2 rings (SSSR count). The van der Waals surface area contributed by atoms with Gasteiger partial charge in [-0.3, -0.25) is 4.79 Å². The first-order valence-electron chi connectivity index (χ1n) is 7.42. The first-order chi connectivity index (χ1) is 11.9. The molecule has 0 atom stereocenters. The molecule has 6 nitrogen and oxygen atoms in total. The van der Waals surface area contributed by atoms with Crippen molar-refractivity contribution in [3.8, 4) is 11.5 Å². The molecule has 0 unspecified atom stereocenters. The summed E-state index contributed by atoms with van der Waals surface area (Å²) in [6, 6.07) is 3.47. The van der Waals surface area contributed by atoms with Crippen LogP contribution in [0, 0.1) is 0 Å². The maximum absolute atomic E-state index is 11.8. The molecule has 0 aliphatic carbocycles. The maximum atomic E-state index is 11.8. The summed E-state index contributed by atoms with van der Waals surface area (Å²) < 4.78 is 11.3. The lowest BCUT2D eigenvalue weighted by Crippen LogP contribution is -2.29. The number of thioether (sulfide) groups is 1. The molecule has 0 aromatic heterocycles. The Bertz CT molecular complexity index is 758. The molecule has 1 aliphatic heterocycles. The first kappa shape index (κ1) is 19.0. The van der Waals surface area contributed by atoms with E-state index >= 15 is 0 Å². The minimum atomic E-state index is -1.33. The van der Waals surface area contributed by atoms with E-state index in [0.717, 1.165) is 0 Å². The van der Waals surface area contributed by atoms with Crippen LogP contribution in [0.2, 0.25) is 0 Å². The van der Waals surface area contributed by atoms with Gasteiger partial charge in [0.05, 0.1) is 17.5 Å². The number of nitrogens with one attached hydrogen (secondary N) is 1. The second-order valence-electron chi connectivity index (χ2n) is 4.95. The van der Waals surface area contributed by atoms with Gasteiger partial charge in [0.15, 0.2) is 11.5 Å². The van der Waals surface area contributed by atoms with E-state index in [1.165, 1.54) is 11.8 Å². The van der Waals surface area contributed by atoms with Crippen LogP contribution in [-0.2, 0) is 16.0 Å². The molecule has 0 spiro atoms. The number of amides is 1. The lowest BCUT2D eigenvalue weighted by Gasteiger charge is -2.17. The van der Waals surface area contributed by atoms with Gasteiger partial charge in [0.1, 0.15) is 10.9 Å². The van der Waals surface area contributed by atoms with Crippen molar-refractivity contribution in [1.29, 1.82) is 0 Å². The average molecular weight is 378 g/mol. The van der Waals surface area contributed by atoms with E-state index < -0.39 is 12.6 Å². The van der Waals surface area contributed by atoms with E-state index in [9.17, 15) is 14.7 Å². The normalized spacial score (nSPS) is 15.2. The van der Waals surface area contributed by atoms with Crippen molar-refractivity contribution in [3.05, 3.63) is 40.8 Å². The zero-order valence-electron chi connectivity index (χ0n) is 13.5. The van der Waals surface area contributed by atoms with E-state index in [0.29, 0.717) is 44.9 Å². The van der Waals surface area contributed by atoms with E-state index in [4.69, 9.17) is 21.7 Å². The van der Waals surface area contributed by atoms with Crippen LogP contribution in [0.1, 0.15) is 18.1 Å². The van der Waals surface area contributed by atoms with Gasteiger partial charge in [0.25, 0.3) is 5.91 Å². The number of carboxylic acids is 1. The first-order valence-corrected chi connectivity index (χ1v) is 8.65. The van der Waals surface area contributed by atoms with Crippen LogP contribution in [0.3, 0.4) is 0 Å². The number of carbonyl (C=O) groups excluding carboxylic acids is 2. The quantitative estimate of drug-likeness (QED) is 0.416. The van der Waals surface area contributed by atoms with Gasteiger partial charge in [-0.15, -0.1) is 6.58 Å². The highest BCUT2D eigenvalue weighted by Gasteiger charge is 2.22. The van der Waals surface area contributed by atoms with Crippen LogP contribution >= 0.6 is 24.0 Å². The van der Waals surface area contributed by atoms with Gasteiger partial charge >= 0.3 is 0 Å². The fraction of sp³-hybridized carbons (Fsp3) is 0.235. The van der Waals surface area contributed by atoms with Crippen molar-refractivity contribution >= 4 is 46.3 Å². The zero-order valence-corrected chi connectivity index (χ0v) is 15.1. The van der Waals surface area contributed by atoms with Gasteiger partial charge in [-0.1, -0.05) is 30.1 Å². The van der Waals surface area contributed by atoms with Crippen LogP contribution in [0.25, 0.3) is 6.08 Å². The summed E-state index contributed by atoms with van der Waals surface area (Å²) in [6.45, 7) is 5.29. The van der Waals surface area contributed by atoms with Crippen molar-refractivity contribution in [2.24, 2.45) is 0 Å². The number of thiocarbonyl (C=S) groups is 1. The Morgan fingerprint density at radius 3 is 2.76 bits per heavy atom. The van der Waals surface area contributed by atoms with Gasteiger partial charge in [-0.25, -0.2) is 0 Å². The fourth-order valence-corrected chi connectivity index (χ4v) is 3.25. The maximum Gasteiger partial charge on any atom is 0.263 e. The number of benzene rings is 1. The number of carboxylic acid groups (broad SMARTS) is 1. The van der Waals surface area contributed by atoms with Crippen LogP contribution in [0.5, 0.6) is 11.5 Å². The molecular formula is C17H16NO5S2-. The fourth-order valence-electron chi connectivity index (χ4n) is 2.20. The minimum Gasteiger partial charge on any atom is -0.546 e. The lowest BCUT2D eigenvalue weighted by molar-refractivity contribution is -0.307. The smallest absolute Gasteiger partial charge is 0.263 e. The average Bonchev–Trinajstić information content (AvgIpc) is 2.84. The molecule has 0 saturated carbocycles. The largest absolute Gasteiger partial charge is 0.546 e. The van der Waals surface area contributed by atoms with Gasteiger partial charge in [-0.05, 0) is 37.1 Å². The van der Waals surface area contributed by atoms with Crippen LogP contribution in [-0.4, -0.2) is 29.4 Å². The Morgan fingerprint density at radius 2 is 2.20 bits per heavy atom. The number of hydrogen-bond donors (Lipinski definition) is 1. The summed E-state index contributed by atoms with van der Waals surface area (Å²) in [5.41, 5.74) is 1.41. The second kappa shape index (κ2) is 8.68. The minimum absolute atomic E-state index is 0.254. The summed E-state index contributed by atoms with van der Waals surface area (Å²) in [5.74, 6) is -0.866. The Balaban J connectivity index is 2.46. The van der Waals surface area contributed by atoms with Gasteiger partial charge in [0.2, 0.25) is 0 Å². The highest BCUT2D eigenvalue weighted by Crippen LogP contribution is 2.36. The summed E-state index contributed by atoms with van der Waals surface area (Å²) in [7, 11) is 0. The lowest BCUT2D eigenvalue weighted by atomic mass is 10.0. The molecule has 0 radical (unpaired) electrons. The third kappa shape index (κ3) is 5.07. The van der Waals surface area contributed by atoms with Gasteiger partial charge < -0.3 is 24.7 Å². The number of allylic oxidation sites excluding steroid dienone is 1. The molecular weight excluding hydrogens is 362 g/mol. The highest BCUT2D eigenvalue weighted by molar-refractivity contribution is 8.26. The predicted octanol–water partition coefficient (Wildman–Crippen LogP) is 1.43. The molecule has 25 heavy (non-hydrogen) atoms. The Hall–Kier alpha value is -2.32. The van der Waals surface area contributed by atoms with Crippen LogP contribution in [0.15, 0.2) is 29.7 Å². The summed E-state index contributed by atoms with van der Waals surface area (Å²) >= 11 is 6.15. The van der Waals surface area contributed by atoms with Crippen molar-refractivity contribution in [2.45, 2.75) is 13.3 Å². The topological polar surface area (TPSA) is 87.7 Å². The molecule has 1 aromatic carbocycles. The summed E-state index contributed by atoms with van der Waals surface area (Å²) in [5, 5.41) is 13.3. The predicted molar refractivity (Wildman–Crippen MR) is 98.3 cm³/mol. The molecule has 1 fully saturated rings. The van der Waals surface area contributed by atoms with Gasteiger partial charge in [-0.2, -0.15) is 0 Å². The third-order valence-corrected chi connectivity index (χ3v) is 4.26. The van der Waals surface area contributed by atoms with E-state index in [1.807, 2.05) is 0 Å². The second-order valence-corrected chi connectivity index (χ2v) is 6.66. The third-order valence-electron chi connectivity index (χ3n) is 3.09. The standard InChI is InChI=1S/C17H17NO5S2/c1-3-5-11-6-10(8-13-16(21)18-17(24)25-13)7-12(22-4-2)15(11)23-9-14(19)20/h3,6-8H,1,4-5,9H2,2H3,(H,19,20)(H,18,21,24)/p-1/b13-8+. The van der Waals surface area contributed by atoms with Crippen LogP contribution < -0.4 is 19.9 Å². The summed E-state index contributed by atoms with van der Waals surface area (Å²) in [4.78, 5) is 23.0. The van der Waals surface area contributed by atoms with Gasteiger partial charge in [0, 0.05) is 5.56 Å². The molecule has 132 valence electrons. The molecule has 1 heterocycles. The number of ether oxygens (including phenoxy) is 2. The Labute approximate surface area is 154 Å². The van der Waals surface area contributed by atoms with E-state index in [2.05, 4.69) is 11.9 Å². The molecule has 1 aliphatic rings. The van der Waals surface area contributed by atoms with Crippen molar-refractivity contribution in [1.82, 2.24) is 5.32 Å². The SMILES string of the molecule is C=CCc1cc(/C=C2/SC(=S)NC2=O)cc(OCC)c1OCC(=O)[O-]. The Kier molecular flexibility index (Phi) is 6.60. The molecule has 1 amide bonds. The summed E-state index contributed by atoms with van der Waals surface area (Å²) in [6.07, 6.45) is 3.80. The van der Waals surface area contributed by atoms with Crippen molar-refractivity contribution < 1.29 is 24.2 Å². The van der Waals surface area contributed by atoms with Crippen LogP contribution in [0.4, 0.5) is 0 Å². The molecule has 1 aromatic rings. The number of rotatable bonds is 8. The number of aliphatic carboxylic acids is 1. The monoisotopic (exact) mass is 378 g/mol. The van der Waals surface area contributed by atoms with E-state index in [-0.39, 0.29) is 5.91 Å². The Morgan fingerprint density at radius 1 is 1.44 bits per heavy atom. The zero-order chi connectivity index (χ0) is 18.4. The molecule has 0 bridgehead atoms. The highest BCUT2D eigenvalue weighted by atomic mass is 32.2. The molecule has 1 N–H and O–H groups in total. The van der Waals surface area contributed by atoms with Crippen molar-refractivity contribution in [2.75, 3.05) is 13.2 Å². The number of hydrogen-bond acceptors (Lipinski definition) is 7. The van der Waals surface area contributed by atoms with E-state index in [1.54, 1.807) is 31.2 Å². The molecule has 8 heteroatoms. The molecule has 1 saturated heterocycles. The number of carbonyl (C=O) groups is 2.